The van der Waals surface area contributed by atoms with Crippen LogP contribution in [0.2, 0.25) is 0 Å². The Bertz CT molecular complexity index is 544. The number of benzene rings is 1. The van der Waals surface area contributed by atoms with Gasteiger partial charge in [0.1, 0.15) is 5.82 Å². The quantitative estimate of drug-likeness (QED) is 0.839. The fourth-order valence-electron chi connectivity index (χ4n) is 1.29. The number of rotatable bonds is 3. The van der Waals surface area contributed by atoms with E-state index in [2.05, 4.69) is 15.3 Å². The topological polar surface area (TPSA) is 80.9 Å². The van der Waals surface area contributed by atoms with E-state index in [1.54, 1.807) is 18.5 Å². The zero-order chi connectivity index (χ0) is 12.3. The summed E-state index contributed by atoms with van der Waals surface area (Å²) < 4.78 is 13.4. The smallest absolute Gasteiger partial charge is 0.251 e. The van der Waals surface area contributed by atoms with Crippen LogP contribution in [0.5, 0.6) is 0 Å². The molecule has 1 aromatic carbocycles. The highest BCUT2D eigenvalue weighted by atomic mass is 19.1. The van der Waals surface area contributed by atoms with Gasteiger partial charge in [0.15, 0.2) is 0 Å². The normalized spacial score (nSPS) is 9.94. The predicted molar refractivity (Wildman–Crippen MR) is 60.2 cm³/mol. The van der Waals surface area contributed by atoms with Crippen molar-refractivity contribution < 1.29 is 9.18 Å². The monoisotopic (exact) mass is 232 g/mol. The number of carbonyl (C=O) groups is 1. The number of amides is 1. The standard InChI is InChI=1S/C11H9FN4O/c12-9-6-7(2-3-8(9)10(13)17)16-11-14-4-1-5-15-11/h1-6H,(H2,13,17)(H,14,15,16). The van der Waals surface area contributed by atoms with Crippen LogP contribution in [-0.4, -0.2) is 15.9 Å². The van der Waals surface area contributed by atoms with Crippen LogP contribution in [0.3, 0.4) is 0 Å². The summed E-state index contributed by atoms with van der Waals surface area (Å²) in [5.74, 6) is -1.14. The van der Waals surface area contributed by atoms with Gasteiger partial charge in [-0.25, -0.2) is 14.4 Å². The molecule has 1 amide bonds. The molecule has 0 spiro atoms. The molecular formula is C11H9FN4O. The molecule has 0 radical (unpaired) electrons. The van der Waals surface area contributed by atoms with Crippen molar-refractivity contribution in [1.82, 2.24) is 9.97 Å². The first-order valence-electron chi connectivity index (χ1n) is 4.80. The number of nitrogens with one attached hydrogen (secondary N) is 1. The number of anilines is 2. The Labute approximate surface area is 96.5 Å². The van der Waals surface area contributed by atoms with Gasteiger partial charge in [0.25, 0.3) is 5.91 Å². The number of aromatic nitrogens is 2. The largest absolute Gasteiger partial charge is 0.366 e. The Balaban J connectivity index is 2.24. The van der Waals surface area contributed by atoms with Crippen LogP contribution in [0.15, 0.2) is 36.7 Å². The van der Waals surface area contributed by atoms with E-state index in [0.717, 1.165) is 6.07 Å². The summed E-state index contributed by atoms with van der Waals surface area (Å²) in [7, 11) is 0. The number of halogens is 1. The number of hydrogen-bond donors (Lipinski definition) is 2. The minimum Gasteiger partial charge on any atom is -0.366 e. The van der Waals surface area contributed by atoms with Crippen LogP contribution in [0.4, 0.5) is 16.0 Å². The van der Waals surface area contributed by atoms with Gasteiger partial charge in [-0.15, -0.1) is 0 Å². The number of primary amides is 1. The third kappa shape index (κ3) is 2.54. The van der Waals surface area contributed by atoms with Gasteiger partial charge in [-0.1, -0.05) is 0 Å². The summed E-state index contributed by atoms with van der Waals surface area (Å²) in [4.78, 5) is 18.7. The Morgan fingerprint density at radius 3 is 2.59 bits per heavy atom. The molecule has 3 N–H and O–H groups in total. The van der Waals surface area contributed by atoms with E-state index in [1.165, 1.54) is 12.1 Å². The van der Waals surface area contributed by atoms with Gasteiger partial charge < -0.3 is 11.1 Å². The molecule has 0 aliphatic carbocycles. The maximum Gasteiger partial charge on any atom is 0.251 e. The Morgan fingerprint density at radius 1 is 1.29 bits per heavy atom. The first-order chi connectivity index (χ1) is 8.16. The first-order valence-corrected chi connectivity index (χ1v) is 4.80. The lowest BCUT2D eigenvalue weighted by Gasteiger charge is -2.05. The minimum absolute atomic E-state index is 0.149. The van der Waals surface area contributed by atoms with Crippen molar-refractivity contribution >= 4 is 17.5 Å². The van der Waals surface area contributed by atoms with Gasteiger partial charge in [0.2, 0.25) is 5.95 Å². The van der Waals surface area contributed by atoms with E-state index >= 15 is 0 Å². The average molecular weight is 232 g/mol. The third-order valence-corrected chi connectivity index (χ3v) is 2.06. The maximum atomic E-state index is 13.4. The molecule has 86 valence electrons. The number of hydrogen-bond acceptors (Lipinski definition) is 4. The first kappa shape index (κ1) is 11.0. The Kier molecular flexibility index (Phi) is 2.95. The minimum atomic E-state index is -0.801. The van der Waals surface area contributed by atoms with Crippen LogP contribution >= 0.6 is 0 Å². The van der Waals surface area contributed by atoms with Crippen molar-refractivity contribution in [2.24, 2.45) is 5.73 Å². The summed E-state index contributed by atoms with van der Waals surface area (Å²) in [6.07, 6.45) is 3.12. The number of nitrogens with zero attached hydrogens (tertiary/aromatic N) is 2. The number of carbonyl (C=O) groups excluding carboxylic acids is 1. The van der Waals surface area contributed by atoms with Gasteiger partial charge in [-0.2, -0.15) is 0 Å². The zero-order valence-corrected chi connectivity index (χ0v) is 8.72. The molecule has 0 unspecified atom stereocenters. The predicted octanol–water partition coefficient (Wildman–Crippen LogP) is 1.46. The van der Waals surface area contributed by atoms with E-state index in [9.17, 15) is 9.18 Å². The van der Waals surface area contributed by atoms with Gasteiger partial charge in [-0.05, 0) is 24.3 Å². The Hall–Kier alpha value is -2.50. The van der Waals surface area contributed by atoms with Crippen LogP contribution in [0, 0.1) is 5.82 Å². The molecule has 0 aliphatic rings. The fourth-order valence-corrected chi connectivity index (χ4v) is 1.29. The molecule has 17 heavy (non-hydrogen) atoms. The molecule has 0 saturated carbocycles. The van der Waals surface area contributed by atoms with Gasteiger partial charge in [0.05, 0.1) is 5.56 Å². The molecular weight excluding hydrogens is 223 g/mol. The van der Waals surface area contributed by atoms with Gasteiger partial charge in [-0.3, -0.25) is 4.79 Å². The van der Waals surface area contributed by atoms with Crippen molar-refractivity contribution in [3.8, 4) is 0 Å². The zero-order valence-electron chi connectivity index (χ0n) is 8.72. The molecule has 0 saturated heterocycles. The van der Waals surface area contributed by atoms with Crippen molar-refractivity contribution in [1.29, 1.82) is 0 Å². The number of nitrogens with two attached hydrogens (primary N) is 1. The Morgan fingerprint density at radius 2 is 2.00 bits per heavy atom. The van der Waals surface area contributed by atoms with E-state index < -0.39 is 11.7 Å². The highest BCUT2D eigenvalue weighted by Crippen LogP contribution is 2.16. The summed E-state index contributed by atoms with van der Waals surface area (Å²) in [6.45, 7) is 0. The highest BCUT2D eigenvalue weighted by molar-refractivity contribution is 5.93. The SMILES string of the molecule is NC(=O)c1ccc(Nc2ncccn2)cc1F. The van der Waals surface area contributed by atoms with Crippen molar-refractivity contribution in [2.75, 3.05) is 5.32 Å². The lowest BCUT2D eigenvalue weighted by Crippen LogP contribution is -2.13. The summed E-state index contributed by atoms with van der Waals surface area (Å²) in [5.41, 5.74) is 5.29. The maximum absolute atomic E-state index is 13.4. The van der Waals surface area contributed by atoms with E-state index in [-0.39, 0.29) is 5.56 Å². The second-order valence-corrected chi connectivity index (χ2v) is 3.26. The van der Waals surface area contributed by atoms with Crippen LogP contribution in [0.25, 0.3) is 0 Å². The molecule has 0 bridgehead atoms. The molecule has 0 fully saturated rings. The van der Waals surface area contributed by atoms with Crippen LogP contribution in [-0.2, 0) is 0 Å². The van der Waals surface area contributed by atoms with E-state index in [1.807, 2.05) is 0 Å². The lowest BCUT2D eigenvalue weighted by molar-refractivity contribution is 0.0996. The molecule has 0 aliphatic heterocycles. The van der Waals surface area contributed by atoms with Crippen molar-refractivity contribution in [3.05, 3.63) is 48.0 Å². The van der Waals surface area contributed by atoms with Crippen molar-refractivity contribution in [2.45, 2.75) is 0 Å². The average Bonchev–Trinajstić information content (AvgIpc) is 2.30. The summed E-state index contributed by atoms with van der Waals surface area (Å²) in [5, 5.41) is 2.80. The lowest BCUT2D eigenvalue weighted by atomic mass is 10.2. The van der Waals surface area contributed by atoms with Gasteiger partial charge in [0, 0.05) is 18.1 Å². The summed E-state index contributed by atoms with van der Waals surface area (Å²) in [6, 6.07) is 5.67. The highest BCUT2D eigenvalue weighted by Gasteiger charge is 2.08. The van der Waals surface area contributed by atoms with Crippen molar-refractivity contribution in [3.63, 3.8) is 0 Å². The van der Waals surface area contributed by atoms with E-state index in [4.69, 9.17) is 5.73 Å². The molecule has 5 nitrogen and oxygen atoms in total. The molecule has 1 heterocycles. The van der Waals surface area contributed by atoms with Crippen LogP contribution < -0.4 is 11.1 Å². The van der Waals surface area contributed by atoms with Gasteiger partial charge >= 0.3 is 0 Å². The van der Waals surface area contributed by atoms with E-state index in [0.29, 0.717) is 11.6 Å². The summed E-state index contributed by atoms with van der Waals surface area (Å²) >= 11 is 0. The second-order valence-electron chi connectivity index (χ2n) is 3.26. The fraction of sp³-hybridized carbons (Fsp3) is 0. The molecule has 2 rings (SSSR count). The second kappa shape index (κ2) is 4.56. The molecule has 0 atom stereocenters. The molecule has 6 heteroatoms. The molecule has 2 aromatic rings. The molecule has 1 aromatic heterocycles. The third-order valence-electron chi connectivity index (χ3n) is 2.06. The van der Waals surface area contributed by atoms with Crippen LogP contribution in [0.1, 0.15) is 10.4 Å².